The van der Waals surface area contributed by atoms with Gasteiger partial charge in [0.2, 0.25) is 5.91 Å². The van der Waals surface area contributed by atoms with Crippen LogP contribution in [0.4, 0.5) is 5.13 Å². The second kappa shape index (κ2) is 9.90. The van der Waals surface area contributed by atoms with E-state index in [1.54, 1.807) is 11.3 Å². The van der Waals surface area contributed by atoms with E-state index in [4.69, 9.17) is 0 Å². The highest BCUT2D eigenvalue weighted by molar-refractivity contribution is 7.15. The number of nitrogens with zero attached hydrogens (tertiary/aromatic N) is 1. The molecule has 1 fully saturated rings. The normalized spacial score (nSPS) is 16.0. The number of nitrogens with one attached hydrogen (secondary N) is 2. The molecular weight excluding hydrogens is 354 g/mol. The highest BCUT2D eigenvalue weighted by atomic mass is 35.5. The molecule has 0 aliphatic carbocycles. The maximum atomic E-state index is 12.3. The van der Waals surface area contributed by atoms with Gasteiger partial charge in [-0.1, -0.05) is 37.3 Å². The van der Waals surface area contributed by atoms with Crippen LogP contribution in [0.15, 0.2) is 36.5 Å². The van der Waals surface area contributed by atoms with Gasteiger partial charge in [-0.3, -0.25) is 4.79 Å². The van der Waals surface area contributed by atoms with Crippen molar-refractivity contribution >= 4 is 34.8 Å². The third-order valence-electron chi connectivity index (χ3n) is 4.72. The summed E-state index contributed by atoms with van der Waals surface area (Å²) in [5.74, 6) is 1.17. The van der Waals surface area contributed by atoms with E-state index in [1.165, 1.54) is 23.3 Å². The standard InChI is InChI=1S/C19H25N3OS.ClH/c1-14(16-7-9-20-10-8-16)11-18(23)22-19-21-13-17(24-19)12-15-5-3-2-4-6-15;/h2-6,13-14,16,20H,7-12H2,1H3,(H,21,22,23);1H. The van der Waals surface area contributed by atoms with Crippen LogP contribution >= 0.6 is 23.7 Å². The van der Waals surface area contributed by atoms with Crippen LogP contribution in [-0.4, -0.2) is 24.0 Å². The average Bonchev–Trinajstić information content (AvgIpc) is 3.03. The van der Waals surface area contributed by atoms with E-state index >= 15 is 0 Å². The maximum absolute atomic E-state index is 12.3. The fourth-order valence-corrected chi connectivity index (χ4v) is 4.15. The Hall–Kier alpha value is -1.43. The number of hydrogen-bond donors (Lipinski definition) is 2. The molecule has 3 rings (SSSR count). The van der Waals surface area contributed by atoms with E-state index in [0.717, 1.165) is 19.5 Å². The highest BCUT2D eigenvalue weighted by Crippen LogP contribution is 2.26. The number of benzene rings is 1. The van der Waals surface area contributed by atoms with E-state index in [9.17, 15) is 4.79 Å². The van der Waals surface area contributed by atoms with E-state index < -0.39 is 0 Å². The molecule has 1 amide bonds. The number of thiazole rings is 1. The summed E-state index contributed by atoms with van der Waals surface area (Å²) in [6.45, 7) is 4.34. The summed E-state index contributed by atoms with van der Waals surface area (Å²) in [4.78, 5) is 17.8. The fourth-order valence-electron chi connectivity index (χ4n) is 3.29. The van der Waals surface area contributed by atoms with Gasteiger partial charge in [-0.05, 0) is 43.3 Å². The number of carbonyl (C=O) groups excluding carboxylic acids is 1. The van der Waals surface area contributed by atoms with Crippen molar-refractivity contribution in [1.29, 1.82) is 0 Å². The predicted molar refractivity (Wildman–Crippen MR) is 107 cm³/mol. The Morgan fingerprint density at radius 2 is 2.04 bits per heavy atom. The van der Waals surface area contributed by atoms with Gasteiger partial charge in [-0.2, -0.15) is 0 Å². The van der Waals surface area contributed by atoms with Crippen molar-refractivity contribution in [2.45, 2.75) is 32.6 Å². The first-order valence-corrected chi connectivity index (χ1v) is 9.51. The van der Waals surface area contributed by atoms with Crippen LogP contribution in [0.2, 0.25) is 0 Å². The zero-order valence-electron chi connectivity index (χ0n) is 14.5. The summed E-state index contributed by atoms with van der Waals surface area (Å²) in [5.41, 5.74) is 1.26. The smallest absolute Gasteiger partial charge is 0.226 e. The van der Waals surface area contributed by atoms with E-state index in [-0.39, 0.29) is 18.3 Å². The Kier molecular flexibility index (Phi) is 7.88. The molecule has 0 spiro atoms. The van der Waals surface area contributed by atoms with Crippen molar-refractivity contribution in [2.75, 3.05) is 18.4 Å². The molecule has 1 aromatic heterocycles. The lowest BCUT2D eigenvalue weighted by Crippen LogP contribution is -2.32. The van der Waals surface area contributed by atoms with Crippen LogP contribution in [0.3, 0.4) is 0 Å². The first-order valence-electron chi connectivity index (χ1n) is 8.70. The first-order chi connectivity index (χ1) is 11.7. The summed E-state index contributed by atoms with van der Waals surface area (Å²) in [6, 6.07) is 10.3. The first kappa shape index (κ1) is 19.9. The lowest BCUT2D eigenvalue weighted by Gasteiger charge is -2.27. The third kappa shape index (κ3) is 6.10. The molecular formula is C19H26ClN3OS. The number of aromatic nitrogens is 1. The van der Waals surface area contributed by atoms with Gasteiger partial charge >= 0.3 is 0 Å². The Morgan fingerprint density at radius 3 is 2.76 bits per heavy atom. The van der Waals surface area contributed by atoms with Gasteiger partial charge in [0.15, 0.2) is 5.13 Å². The molecule has 1 atom stereocenters. The van der Waals surface area contributed by atoms with Crippen LogP contribution in [0, 0.1) is 11.8 Å². The lowest BCUT2D eigenvalue weighted by molar-refractivity contribution is -0.117. The van der Waals surface area contributed by atoms with Crippen molar-refractivity contribution < 1.29 is 4.79 Å². The van der Waals surface area contributed by atoms with E-state index in [2.05, 4.69) is 34.7 Å². The van der Waals surface area contributed by atoms with Gasteiger partial charge in [-0.25, -0.2) is 4.98 Å². The van der Waals surface area contributed by atoms with Gasteiger partial charge < -0.3 is 10.6 Å². The molecule has 4 nitrogen and oxygen atoms in total. The molecule has 0 bridgehead atoms. The monoisotopic (exact) mass is 379 g/mol. The number of amides is 1. The number of anilines is 1. The van der Waals surface area contributed by atoms with E-state index in [0.29, 0.717) is 23.4 Å². The average molecular weight is 380 g/mol. The van der Waals surface area contributed by atoms with E-state index in [1.807, 2.05) is 24.4 Å². The molecule has 136 valence electrons. The van der Waals surface area contributed by atoms with Crippen LogP contribution in [0.5, 0.6) is 0 Å². The van der Waals surface area contributed by atoms with Crippen LogP contribution < -0.4 is 10.6 Å². The zero-order valence-corrected chi connectivity index (χ0v) is 16.2. The Morgan fingerprint density at radius 1 is 1.32 bits per heavy atom. The quantitative estimate of drug-likeness (QED) is 0.793. The SMILES string of the molecule is CC(CC(=O)Nc1ncc(Cc2ccccc2)s1)C1CCNCC1.Cl. The fraction of sp³-hybridized carbons (Fsp3) is 0.474. The summed E-state index contributed by atoms with van der Waals surface area (Å²) in [5, 5.41) is 7.06. The van der Waals surface area contributed by atoms with Crippen molar-refractivity contribution in [2.24, 2.45) is 11.8 Å². The molecule has 1 saturated heterocycles. The number of rotatable bonds is 6. The van der Waals surface area contributed by atoms with Crippen molar-refractivity contribution in [3.8, 4) is 0 Å². The number of halogens is 1. The summed E-state index contributed by atoms with van der Waals surface area (Å²) in [6.07, 6.45) is 5.65. The molecule has 2 N–H and O–H groups in total. The summed E-state index contributed by atoms with van der Waals surface area (Å²) in [7, 11) is 0. The zero-order chi connectivity index (χ0) is 16.8. The van der Waals surface area contributed by atoms with Crippen molar-refractivity contribution in [3.63, 3.8) is 0 Å². The molecule has 2 heterocycles. The lowest BCUT2D eigenvalue weighted by atomic mass is 9.84. The second-order valence-electron chi connectivity index (χ2n) is 6.61. The molecule has 1 aromatic carbocycles. The van der Waals surface area contributed by atoms with Crippen LogP contribution in [-0.2, 0) is 11.2 Å². The molecule has 2 aromatic rings. The Labute approximate surface area is 159 Å². The van der Waals surface area contributed by atoms with Gasteiger partial charge in [0.1, 0.15) is 0 Å². The number of carbonyl (C=O) groups is 1. The minimum atomic E-state index is 0. The summed E-state index contributed by atoms with van der Waals surface area (Å²) >= 11 is 1.57. The number of piperidine rings is 1. The Bertz CT molecular complexity index is 656. The minimum Gasteiger partial charge on any atom is -0.317 e. The third-order valence-corrected chi connectivity index (χ3v) is 5.63. The molecule has 1 unspecified atom stereocenters. The molecule has 1 aliphatic heterocycles. The van der Waals surface area contributed by atoms with Gasteiger partial charge in [-0.15, -0.1) is 23.7 Å². The molecule has 0 saturated carbocycles. The Balaban J connectivity index is 0.00000225. The topological polar surface area (TPSA) is 54.0 Å². The van der Waals surface area contributed by atoms with Crippen molar-refractivity contribution in [3.05, 3.63) is 47.0 Å². The maximum Gasteiger partial charge on any atom is 0.226 e. The van der Waals surface area contributed by atoms with Crippen LogP contribution in [0.25, 0.3) is 0 Å². The largest absolute Gasteiger partial charge is 0.317 e. The highest BCUT2D eigenvalue weighted by Gasteiger charge is 2.22. The van der Waals surface area contributed by atoms with Gasteiger partial charge in [0, 0.05) is 23.9 Å². The minimum absolute atomic E-state index is 0. The van der Waals surface area contributed by atoms with Crippen LogP contribution in [0.1, 0.15) is 36.6 Å². The molecule has 6 heteroatoms. The van der Waals surface area contributed by atoms with Crippen molar-refractivity contribution in [1.82, 2.24) is 10.3 Å². The van der Waals surface area contributed by atoms with Gasteiger partial charge in [0.25, 0.3) is 0 Å². The predicted octanol–water partition coefficient (Wildman–Crippen LogP) is 4.12. The molecule has 1 aliphatic rings. The molecule has 0 radical (unpaired) electrons. The van der Waals surface area contributed by atoms with Gasteiger partial charge in [0.05, 0.1) is 0 Å². The number of hydrogen-bond acceptors (Lipinski definition) is 4. The second-order valence-corrected chi connectivity index (χ2v) is 7.73. The summed E-state index contributed by atoms with van der Waals surface area (Å²) < 4.78 is 0. The molecule has 25 heavy (non-hydrogen) atoms.